The van der Waals surface area contributed by atoms with Crippen molar-refractivity contribution in [2.24, 2.45) is 0 Å². The standard InChI is InChI=1S/C20H31N3O3/c1-4-10-22(11-5-2)19(24)16-20(25)23-14-12-21(13-15-23)17-6-8-18(26-3)9-7-17/h6-9H,4-5,10-16H2,1-3H3. The summed E-state index contributed by atoms with van der Waals surface area (Å²) in [6.45, 7) is 8.42. The number of methoxy groups -OCH3 is 1. The molecule has 1 aromatic carbocycles. The molecule has 0 aliphatic carbocycles. The Hall–Kier alpha value is -2.24. The second-order valence-corrected chi connectivity index (χ2v) is 6.62. The first-order valence-corrected chi connectivity index (χ1v) is 9.53. The zero-order valence-corrected chi connectivity index (χ0v) is 16.2. The van der Waals surface area contributed by atoms with Gasteiger partial charge in [-0.1, -0.05) is 13.8 Å². The topological polar surface area (TPSA) is 53.1 Å². The number of benzene rings is 1. The van der Waals surface area contributed by atoms with Gasteiger partial charge in [0.2, 0.25) is 11.8 Å². The van der Waals surface area contributed by atoms with Crippen LogP contribution in [0.2, 0.25) is 0 Å². The van der Waals surface area contributed by atoms with Crippen molar-refractivity contribution in [2.45, 2.75) is 33.1 Å². The molecule has 1 saturated heterocycles. The van der Waals surface area contributed by atoms with Crippen LogP contribution in [-0.2, 0) is 9.59 Å². The molecule has 0 atom stereocenters. The Morgan fingerprint density at radius 1 is 1.00 bits per heavy atom. The third-order valence-corrected chi connectivity index (χ3v) is 4.71. The lowest BCUT2D eigenvalue weighted by Gasteiger charge is -2.36. The second-order valence-electron chi connectivity index (χ2n) is 6.62. The number of carbonyl (C=O) groups is 2. The van der Waals surface area contributed by atoms with Gasteiger partial charge in [-0.3, -0.25) is 9.59 Å². The summed E-state index contributed by atoms with van der Waals surface area (Å²) in [4.78, 5) is 30.8. The van der Waals surface area contributed by atoms with Gasteiger partial charge >= 0.3 is 0 Å². The van der Waals surface area contributed by atoms with Gasteiger partial charge in [-0.2, -0.15) is 0 Å². The van der Waals surface area contributed by atoms with Crippen molar-refractivity contribution in [2.75, 3.05) is 51.3 Å². The van der Waals surface area contributed by atoms with Crippen molar-refractivity contribution in [1.29, 1.82) is 0 Å². The molecular formula is C20H31N3O3. The summed E-state index contributed by atoms with van der Waals surface area (Å²) in [5, 5.41) is 0. The molecule has 0 aromatic heterocycles. The maximum atomic E-state index is 12.5. The van der Waals surface area contributed by atoms with Gasteiger partial charge in [0.1, 0.15) is 12.2 Å². The molecule has 1 heterocycles. The van der Waals surface area contributed by atoms with Crippen LogP contribution >= 0.6 is 0 Å². The van der Waals surface area contributed by atoms with Crippen LogP contribution in [0.4, 0.5) is 5.69 Å². The molecule has 0 N–H and O–H groups in total. The van der Waals surface area contributed by atoms with Gasteiger partial charge in [0.25, 0.3) is 0 Å². The minimum Gasteiger partial charge on any atom is -0.497 e. The van der Waals surface area contributed by atoms with E-state index in [9.17, 15) is 9.59 Å². The average Bonchev–Trinajstić information content (AvgIpc) is 2.68. The molecule has 1 aliphatic rings. The summed E-state index contributed by atoms with van der Waals surface area (Å²) in [5.74, 6) is 0.739. The smallest absolute Gasteiger partial charge is 0.232 e. The van der Waals surface area contributed by atoms with Crippen LogP contribution in [0.25, 0.3) is 0 Å². The minimum atomic E-state index is -0.0541. The third-order valence-electron chi connectivity index (χ3n) is 4.71. The highest BCUT2D eigenvalue weighted by Crippen LogP contribution is 2.20. The zero-order valence-electron chi connectivity index (χ0n) is 16.2. The SMILES string of the molecule is CCCN(CCC)C(=O)CC(=O)N1CCN(c2ccc(OC)cc2)CC1. The van der Waals surface area contributed by atoms with Crippen molar-refractivity contribution in [3.63, 3.8) is 0 Å². The first kappa shape index (κ1) is 20.1. The fourth-order valence-corrected chi connectivity index (χ4v) is 3.26. The maximum absolute atomic E-state index is 12.5. The van der Waals surface area contributed by atoms with Crippen LogP contribution < -0.4 is 9.64 Å². The lowest BCUT2D eigenvalue weighted by molar-refractivity contribution is -0.140. The van der Waals surface area contributed by atoms with Crippen LogP contribution in [0.15, 0.2) is 24.3 Å². The lowest BCUT2D eigenvalue weighted by atomic mass is 10.2. The molecule has 0 saturated carbocycles. The fourth-order valence-electron chi connectivity index (χ4n) is 3.26. The zero-order chi connectivity index (χ0) is 18.9. The number of nitrogens with zero attached hydrogens (tertiary/aromatic N) is 3. The molecule has 1 aromatic rings. The van der Waals surface area contributed by atoms with Gasteiger partial charge in [0.05, 0.1) is 7.11 Å². The molecule has 1 aliphatic heterocycles. The molecule has 2 rings (SSSR count). The first-order chi connectivity index (χ1) is 12.6. The summed E-state index contributed by atoms with van der Waals surface area (Å²) in [5.41, 5.74) is 1.13. The van der Waals surface area contributed by atoms with Crippen molar-refractivity contribution in [3.8, 4) is 5.75 Å². The van der Waals surface area contributed by atoms with E-state index < -0.39 is 0 Å². The normalized spacial score (nSPS) is 14.3. The molecule has 0 radical (unpaired) electrons. The van der Waals surface area contributed by atoms with Crippen LogP contribution in [0, 0.1) is 0 Å². The van der Waals surface area contributed by atoms with E-state index in [0.717, 1.165) is 50.5 Å². The lowest BCUT2D eigenvalue weighted by Crippen LogP contribution is -2.49. The quantitative estimate of drug-likeness (QED) is 0.667. The summed E-state index contributed by atoms with van der Waals surface area (Å²) in [7, 11) is 1.66. The summed E-state index contributed by atoms with van der Waals surface area (Å²) in [6, 6.07) is 7.96. The molecule has 144 valence electrons. The molecule has 0 unspecified atom stereocenters. The van der Waals surface area contributed by atoms with Crippen LogP contribution in [0.5, 0.6) is 5.75 Å². The van der Waals surface area contributed by atoms with Crippen molar-refractivity contribution >= 4 is 17.5 Å². The molecule has 0 spiro atoms. The predicted octanol–water partition coefficient (Wildman–Crippen LogP) is 2.38. The van der Waals surface area contributed by atoms with E-state index in [4.69, 9.17) is 4.74 Å². The molecule has 26 heavy (non-hydrogen) atoms. The van der Waals surface area contributed by atoms with Crippen molar-refractivity contribution < 1.29 is 14.3 Å². The van der Waals surface area contributed by atoms with Crippen molar-refractivity contribution in [1.82, 2.24) is 9.80 Å². The summed E-state index contributed by atoms with van der Waals surface area (Å²) >= 11 is 0. The molecule has 6 nitrogen and oxygen atoms in total. The van der Waals surface area contributed by atoms with Gasteiger partial charge in [-0.25, -0.2) is 0 Å². The number of rotatable bonds is 8. The Morgan fingerprint density at radius 3 is 2.08 bits per heavy atom. The number of piperazine rings is 1. The number of hydrogen-bond acceptors (Lipinski definition) is 4. The highest BCUT2D eigenvalue weighted by atomic mass is 16.5. The van der Waals surface area contributed by atoms with E-state index in [1.54, 1.807) is 7.11 Å². The van der Waals surface area contributed by atoms with Gasteiger partial charge < -0.3 is 19.4 Å². The Labute approximate surface area is 156 Å². The number of hydrogen-bond donors (Lipinski definition) is 0. The number of anilines is 1. The fraction of sp³-hybridized carbons (Fsp3) is 0.600. The first-order valence-electron chi connectivity index (χ1n) is 9.53. The largest absolute Gasteiger partial charge is 0.497 e. The monoisotopic (exact) mass is 361 g/mol. The minimum absolute atomic E-state index is 0.0114. The van der Waals surface area contributed by atoms with Gasteiger partial charge in [-0.05, 0) is 37.1 Å². The van der Waals surface area contributed by atoms with Crippen LogP contribution in [-0.4, -0.2) is 68.0 Å². The Balaban J connectivity index is 1.84. The number of carbonyl (C=O) groups excluding carboxylic acids is 2. The van der Waals surface area contributed by atoms with E-state index in [1.165, 1.54) is 0 Å². The average molecular weight is 361 g/mol. The van der Waals surface area contributed by atoms with Gasteiger partial charge in [0, 0.05) is 45.0 Å². The van der Waals surface area contributed by atoms with E-state index in [1.807, 2.05) is 34.1 Å². The number of amides is 2. The van der Waals surface area contributed by atoms with Crippen LogP contribution in [0.1, 0.15) is 33.1 Å². The Kier molecular flexibility index (Phi) is 7.75. The number of ether oxygens (including phenoxy) is 1. The highest BCUT2D eigenvalue weighted by Gasteiger charge is 2.24. The third kappa shape index (κ3) is 5.38. The Bertz CT molecular complexity index is 574. The summed E-state index contributed by atoms with van der Waals surface area (Å²) in [6.07, 6.45) is 1.82. The maximum Gasteiger partial charge on any atom is 0.232 e. The van der Waals surface area contributed by atoms with Gasteiger partial charge in [-0.15, -0.1) is 0 Å². The molecule has 6 heteroatoms. The molecular weight excluding hydrogens is 330 g/mol. The molecule has 1 fully saturated rings. The predicted molar refractivity (Wildman–Crippen MR) is 104 cm³/mol. The van der Waals surface area contributed by atoms with E-state index >= 15 is 0 Å². The second kappa shape index (κ2) is 10.0. The highest BCUT2D eigenvalue weighted by molar-refractivity contribution is 5.97. The van der Waals surface area contributed by atoms with E-state index in [0.29, 0.717) is 13.1 Å². The molecule has 2 amide bonds. The van der Waals surface area contributed by atoms with E-state index in [2.05, 4.69) is 18.7 Å². The van der Waals surface area contributed by atoms with Gasteiger partial charge in [0.15, 0.2) is 0 Å². The van der Waals surface area contributed by atoms with E-state index in [-0.39, 0.29) is 18.2 Å². The van der Waals surface area contributed by atoms with Crippen molar-refractivity contribution in [3.05, 3.63) is 24.3 Å². The summed E-state index contributed by atoms with van der Waals surface area (Å²) < 4.78 is 5.19. The Morgan fingerprint density at radius 2 is 1.58 bits per heavy atom. The van der Waals surface area contributed by atoms with Crippen LogP contribution in [0.3, 0.4) is 0 Å². The molecule has 0 bridgehead atoms.